The predicted octanol–water partition coefficient (Wildman–Crippen LogP) is 4.89. The van der Waals surface area contributed by atoms with Crippen LogP contribution in [0.4, 0.5) is 10.1 Å². The zero-order valence-corrected chi connectivity index (χ0v) is 19.7. The minimum Gasteiger partial charge on any atom is -0.436 e. The van der Waals surface area contributed by atoms with Crippen LogP contribution in [0.25, 0.3) is 11.0 Å². The molecule has 10 heteroatoms. The molecule has 7 nitrogen and oxygen atoms in total. The Morgan fingerprint density at radius 1 is 1.00 bits per heavy atom. The number of sulfonamides is 1. The standard InChI is InChI=1S/C24H19ClFN3O4S/c1-14-7-8-17(11-15(14)2)27-23(30)19-12-16-5-3-4-6-22(16)33-24(19)28-29-34(31,32)18-9-10-21(26)20(25)13-18/h3-13,29H,1-2H3,(H,27,30). The predicted molar refractivity (Wildman–Crippen MR) is 127 cm³/mol. The summed E-state index contributed by atoms with van der Waals surface area (Å²) in [6, 6.07) is 16.9. The molecule has 34 heavy (non-hydrogen) atoms. The lowest BCUT2D eigenvalue weighted by molar-refractivity contribution is 0.102. The van der Waals surface area contributed by atoms with Crippen LogP contribution < -0.4 is 15.7 Å². The first-order valence-electron chi connectivity index (χ1n) is 10.1. The molecule has 1 aromatic heterocycles. The molecule has 0 aliphatic heterocycles. The SMILES string of the molecule is Cc1ccc(NC(=O)c2cc3ccccc3oc2=NNS(=O)(=O)c2ccc(F)c(Cl)c2)cc1C. The lowest BCUT2D eigenvalue weighted by Gasteiger charge is -2.09. The van der Waals surface area contributed by atoms with Gasteiger partial charge >= 0.3 is 0 Å². The van der Waals surface area contributed by atoms with Gasteiger partial charge in [-0.05, 0) is 67.4 Å². The Bertz CT molecular complexity index is 1600. The van der Waals surface area contributed by atoms with Gasteiger partial charge in [0.2, 0.25) is 5.55 Å². The van der Waals surface area contributed by atoms with E-state index >= 15 is 0 Å². The highest BCUT2D eigenvalue weighted by atomic mass is 35.5. The first-order valence-corrected chi connectivity index (χ1v) is 11.9. The molecule has 0 spiro atoms. The number of aryl methyl sites for hydroxylation is 2. The number of carbonyl (C=O) groups is 1. The third kappa shape index (κ3) is 4.95. The van der Waals surface area contributed by atoms with Gasteiger partial charge in [0.25, 0.3) is 15.9 Å². The van der Waals surface area contributed by atoms with Crippen LogP contribution in [0.5, 0.6) is 0 Å². The van der Waals surface area contributed by atoms with Gasteiger partial charge in [0.15, 0.2) is 0 Å². The van der Waals surface area contributed by atoms with Crippen molar-refractivity contribution in [2.24, 2.45) is 5.10 Å². The van der Waals surface area contributed by atoms with Crippen LogP contribution in [0.2, 0.25) is 5.02 Å². The summed E-state index contributed by atoms with van der Waals surface area (Å²) in [5.74, 6) is -1.30. The second kappa shape index (κ2) is 9.28. The van der Waals surface area contributed by atoms with E-state index in [9.17, 15) is 17.6 Å². The van der Waals surface area contributed by atoms with E-state index in [0.29, 0.717) is 16.7 Å². The van der Waals surface area contributed by atoms with E-state index in [1.807, 2.05) is 30.8 Å². The third-order valence-electron chi connectivity index (χ3n) is 5.13. The number of para-hydroxylation sites is 1. The average molecular weight is 500 g/mol. The van der Waals surface area contributed by atoms with Crippen LogP contribution in [-0.4, -0.2) is 14.3 Å². The van der Waals surface area contributed by atoms with E-state index in [-0.39, 0.29) is 21.0 Å². The van der Waals surface area contributed by atoms with Gasteiger partial charge in [-0.3, -0.25) is 4.79 Å². The minimum atomic E-state index is -4.22. The Balaban J connectivity index is 1.75. The maximum absolute atomic E-state index is 13.4. The highest BCUT2D eigenvalue weighted by Gasteiger charge is 2.17. The van der Waals surface area contributed by atoms with Crippen LogP contribution in [0.1, 0.15) is 21.5 Å². The van der Waals surface area contributed by atoms with E-state index in [1.165, 1.54) is 0 Å². The molecular weight excluding hydrogens is 481 g/mol. The van der Waals surface area contributed by atoms with Crippen molar-refractivity contribution in [1.82, 2.24) is 4.83 Å². The molecule has 0 saturated carbocycles. The monoisotopic (exact) mass is 499 g/mol. The van der Waals surface area contributed by atoms with Gasteiger partial charge in [-0.2, -0.15) is 13.2 Å². The molecule has 4 aromatic rings. The number of hydrogen-bond donors (Lipinski definition) is 2. The highest BCUT2D eigenvalue weighted by Crippen LogP contribution is 2.20. The molecule has 0 aliphatic carbocycles. The molecule has 0 fully saturated rings. The average Bonchev–Trinajstić information content (AvgIpc) is 2.81. The maximum atomic E-state index is 13.4. The summed E-state index contributed by atoms with van der Waals surface area (Å²) in [7, 11) is -4.22. The van der Waals surface area contributed by atoms with Crippen molar-refractivity contribution >= 4 is 44.2 Å². The van der Waals surface area contributed by atoms with Crippen molar-refractivity contribution < 1.29 is 22.0 Å². The normalized spacial score (nSPS) is 12.1. The number of benzene rings is 3. The summed E-state index contributed by atoms with van der Waals surface area (Å²) >= 11 is 5.70. The van der Waals surface area contributed by atoms with Gasteiger partial charge in [-0.25, -0.2) is 4.39 Å². The molecule has 4 rings (SSSR count). The summed E-state index contributed by atoms with van der Waals surface area (Å²) in [5.41, 5.74) is 2.79. The fraction of sp³-hybridized carbons (Fsp3) is 0.0833. The smallest absolute Gasteiger partial charge is 0.276 e. The molecule has 0 saturated heterocycles. The Kier molecular flexibility index (Phi) is 6.41. The van der Waals surface area contributed by atoms with Crippen molar-refractivity contribution in [2.75, 3.05) is 5.32 Å². The third-order valence-corrected chi connectivity index (χ3v) is 6.63. The highest BCUT2D eigenvalue weighted by molar-refractivity contribution is 7.89. The Morgan fingerprint density at radius 3 is 2.50 bits per heavy atom. The minimum absolute atomic E-state index is 0.0109. The van der Waals surface area contributed by atoms with Crippen molar-refractivity contribution in [2.45, 2.75) is 18.7 Å². The number of amides is 1. The molecular formula is C24H19ClFN3O4S. The van der Waals surface area contributed by atoms with Crippen LogP contribution >= 0.6 is 11.6 Å². The number of rotatable bonds is 5. The molecule has 0 unspecified atom stereocenters. The number of nitrogens with zero attached hydrogens (tertiary/aromatic N) is 1. The van der Waals surface area contributed by atoms with Crippen molar-refractivity contribution in [3.8, 4) is 0 Å². The van der Waals surface area contributed by atoms with Crippen molar-refractivity contribution in [3.63, 3.8) is 0 Å². The van der Waals surface area contributed by atoms with Crippen molar-refractivity contribution in [3.05, 3.63) is 99.8 Å². The number of anilines is 1. The molecule has 0 aliphatic rings. The van der Waals surface area contributed by atoms with Gasteiger partial charge in [-0.15, -0.1) is 5.10 Å². The summed E-state index contributed by atoms with van der Waals surface area (Å²) < 4.78 is 44.4. The Morgan fingerprint density at radius 2 is 1.76 bits per heavy atom. The topological polar surface area (TPSA) is 101 Å². The van der Waals surface area contributed by atoms with Gasteiger partial charge in [0.05, 0.1) is 9.92 Å². The lowest BCUT2D eigenvalue weighted by Crippen LogP contribution is -2.27. The fourth-order valence-electron chi connectivity index (χ4n) is 3.13. The fourth-order valence-corrected chi connectivity index (χ4v) is 4.20. The van der Waals surface area contributed by atoms with Gasteiger partial charge in [0, 0.05) is 11.1 Å². The summed E-state index contributed by atoms with van der Waals surface area (Å²) in [5, 5.41) is 6.90. The van der Waals surface area contributed by atoms with Gasteiger partial charge < -0.3 is 9.73 Å². The molecule has 2 N–H and O–H groups in total. The first kappa shape index (κ1) is 23.5. The molecule has 174 valence electrons. The largest absolute Gasteiger partial charge is 0.436 e. The summed E-state index contributed by atoms with van der Waals surface area (Å²) in [6.45, 7) is 3.88. The van der Waals surface area contributed by atoms with E-state index in [0.717, 1.165) is 29.3 Å². The van der Waals surface area contributed by atoms with Gasteiger partial charge in [0.1, 0.15) is 17.0 Å². The van der Waals surface area contributed by atoms with Crippen LogP contribution in [-0.2, 0) is 10.0 Å². The molecule has 3 aromatic carbocycles. The number of halogens is 2. The van der Waals surface area contributed by atoms with Crippen LogP contribution in [0.15, 0.2) is 81.1 Å². The molecule has 0 atom stereocenters. The molecule has 1 heterocycles. The van der Waals surface area contributed by atoms with Crippen LogP contribution in [0, 0.1) is 19.7 Å². The number of carbonyl (C=O) groups excluding carboxylic acids is 1. The zero-order valence-electron chi connectivity index (χ0n) is 18.1. The van der Waals surface area contributed by atoms with E-state index < -0.39 is 21.7 Å². The number of nitrogens with one attached hydrogen (secondary N) is 2. The Hall–Kier alpha value is -3.69. The van der Waals surface area contributed by atoms with Crippen LogP contribution in [0.3, 0.4) is 0 Å². The molecule has 0 bridgehead atoms. The Labute approximate surface area is 199 Å². The van der Waals surface area contributed by atoms with E-state index in [2.05, 4.69) is 10.4 Å². The zero-order chi connectivity index (χ0) is 24.5. The molecule has 0 radical (unpaired) electrons. The summed E-state index contributed by atoms with van der Waals surface area (Å²) in [4.78, 5) is 14.8. The maximum Gasteiger partial charge on any atom is 0.276 e. The number of fused-ring (bicyclic) bond motifs is 1. The summed E-state index contributed by atoms with van der Waals surface area (Å²) in [6.07, 6.45) is 0. The quantitative estimate of drug-likeness (QED) is 0.382. The second-order valence-corrected chi connectivity index (χ2v) is 9.61. The van der Waals surface area contributed by atoms with E-state index in [4.69, 9.17) is 16.0 Å². The second-order valence-electron chi connectivity index (χ2n) is 7.54. The van der Waals surface area contributed by atoms with E-state index in [1.54, 1.807) is 36.4 Å². The van der Waals surface area contributed by atoms with Gasteiger partial charge in [-0.1, -0.05) is 35.9 Å². The first-order chi connectivity index (χ1) is 16.1. The molecule has 1 amide bonds. The number of hydrogen-bond acceptors (Lipinski definition) is 5. The van der Waals surface area contributed by atoms with Crippen molar-refractivity contribution in [1.29, 1.82) is 0 Å². The lowest BCUT2D eigenvalue weighted by atomic mass is 10.1.